The van der Waals surface area contributed by atoms with Gasteiger partial charge in [0.1, 0.15) is 6.04 Å². The van der Waals surface area contributed by atoms with Crippen molar-refractivity contribution in [3.8, 4) is 0 Å². The molecule has 4 rings (SSSR count). The number of carbonyl (C=O) groups is 1. The summed E-state index contributed by atoms with van der Waals surface area (Å²) in [7, 11) is 0. The van der Waals surface area contributed by atoms with Gasteiger partial charge in [-0.25, -0.2) is 4.68 Å². The lowest BCUT2D eigenvalue weighted by molar-refractivity contribution is 0.0946. The molecular weight excluding hydrogens is 350 g/mol. The number of nitrogens with zero attached hydrogens (tertiary/aromatic N) is 4. The molecule has 0 aliphatic rings. The maximum atomic E-state index is 12.5. The van der Waals surface area contributed by atoms with E-state index in [0.717, 1.165) is 16.7 Å². The van der Waals surface area contributed by atoms with E-state index in [2.05, 4.69) is 20.6 Å². The Kier molecular flexibility index (Phi) is 5.20. The summed E-state index contributed by atoms with van der Waals surface area (Å²) >= 11 is 0. The molecule has 6 nitrogen and oxygen atoms in total. The van der Waals surface area contributed by atoms with Crippen molar-refractivity contribution in [1.82, 2.24) is 25.3 Å². The van der Waals surface area contributed by atoms with E-state index in [1.807, 2.05) is 72.8 Å². The van der Waals surface area contributed by atoms with Crippen LogP contribution in [0.25, 0.3) is 0 Å². The minimum Gasteiger partial charge on any atom is -0.346 e. The highest BCUT2D eigenvalue weighted by Crippen LogP contribution is 2.25. The quantitative estimate of drug-likeness (QED) is 0.566. The van der Waals surface area contributed by atoms with Crippen molar-refractivity contribution < 1.29 is 4.79 Å². The average molecular weight is 369 g/mol. The van der Waals surface area contributed by atoms with Crippen molar-refractivity contribution in [2.24, 2.45) is 0 Å². The molecule has 0 spiro atoms. The van der Waals surface area contributed by atoms with Crippen LogP contribution in [0.2, 0.25) is 0 Å². The molecule has 2 heterocycles. The molecule has 0 unspecified atom stereocenters. The molecule has 0 radical (unpaired) electrons. The van der Waals surface area contributed by atoms with Crippen LogP contribution in [0.3, 0.4) is 0 Å². The molecule has 0 saturated carbocycles. The van der Waals surface area contributed by atoms with Gasteiger partial charge in [0.15, 0.2) is 5.69 Å². The molecule has 138 valence electrons. The minimum atomic E-state index is -0.269. The Morgan fingerprint density at radius 3 is 2.21 bits per heavy atom. The Morgan fingerprint density at radius 2 is 1.61 bits per heavy atom. The Bertz CT molecular complexity index is 993. The van der Waals surface area contributed by atoms with Gasteiger partial charge in [0.25, 0.3) is 5.91 Å². The Balaban J connectivity index is 1.57. The van der Waals surface area contributed by atoms with Crippen molar-refractivity contribution in [2.45, 2.75) is 12.6 Å². The molecule has 0 aliphatic carbocycles. The Labute approximate surface area is 162 Å². The van der Waals surface area contributed by atoms with E-state index in [9.17, 15) is 4.79 Å². The minimum absolute atomic E-state index is 0.158. The van der Waals surface area contributed by atoms with Gasteiger partial charge in [-0.3, -0.25) is 9.78 Å². The number of hydrogen-bond donors (Lipinski definition) is 1. The predicted octanol–water partition coefficient (Wildman–Crippen LogP) is 3.24. The van der Waals surface area contributed by atoms with Crippen molar-refractivity contribution >= 4 is 5.91 Å². The summed E-state index contributed by atoms with van der Waals surface area (Å²) in [5.74, 6) is -0.269. The number of rotatable bonds is 6. The topological polar surface area (TPSA) is 72.7 Å². The molecule has 0 saturated heterocycles. The van der Waals surface area contributed by atoms with Gasteiger partial charge in [-0.05, 0) is 22.8 Å². The van der Waals surface area contributed by atoms with Crippen LogP contribution in [-0.4, -0.2) is 25.9 Å². The van der Waals surface area contributed by atoms with Crippen molar-refractivity contribution in [3.63, 3.8) is 0 Å². The van der Waals surface area contributed by atoms with Crippen LogP contribution in [0.4, 0.5) is 0 Å². The van der Waals surface area contributed by atoms with Gasteiger partial charge in [0.2, 0.25) is 0 Å². The third-order valence-corrected chi connectivity index (χ3v) is 4.41. The van der Waals surface area contributed by atoms with Gasteiger partial charge >= 0.3 is 0 Å². The molecule has 4 aromatic rings. The predicted molar refractivity (Wildman–Crippen MR) is 106 cm³/mol. The van der Waals surface area contributed by atoms with Crippen LogP contribution in [0.15, 0.2) is 91.4 Å². The first-order valence-corrected chi connectivity index (χ1v) is 9.00. The van der Waals surface area contributed by atoms with Gasteiger partial charge < -0.3 is 5.32 Å². The average Bonchev–Trinajstić information content (AvgIpc) is 3.24. The molecule has 28 heavy (non-hydrogen) atoms. The maximum Gasteiger partial charge on any atom is 0.273 e. The van der Waals surface area contributed by atoms with Crippen LogP contribution in [0.1, 0.15) is 33.2 Å². The van der Waals surface area contributed by atoms with Crippen molar-refractivity contribution in [2.75, 3.05) is 0 Å². The standard InChI is InChI=1S/C22H19N5O/c28-22(24-15-17-8-7-13-23-14-17)20-16-27(26-25-20)21(18-9-3-1-4-10-18)19-11-5-2-6-12-19/h1-14,16,21H,15H2,(H,24,28). The van der Waals surface area contributed by atoms with E-state index in [1.165, 1.54) is 0 Å². The highest BCUT2D eigenvalue weighted by molar-refractivity contribution is 5.91. The van der Waals surface area contributed by atoms with Gasteiger partial charge in [0, 0.05) is 18.9 Å². The first-order valence-electron chi connectivity index (χ1n) is 9.00. The van der Waals surface area contributed by atoms with Gasteiger partial charge in [-0.15, -0.1) is 5.10 Å². The zero-order valence-corrected chi connectivity index (χ0v) is 15.1. The lowest BCUT2D eigenvalue weighted by Gasteiger charge is -2.17. The first-order chi connectivity index (χ1) is 13.8. The van der Waals surface area contributed by atoms with E-state index in [1.54, 1.807) is 23.3 Å². The van der Waals surface area contributed by atoms with Crippen molar-refractivity contribution in [3.05, 3.63) is 114 Å². The Morgan fingerprint density at radius 1 is 0.929 bits per heavy atom. The zero-order valence-electron chi connectivity index (χ0n) is 15.1. The van der Waals surface area contributed by atoms with Crippen LogP contribution in [0, 0.1) is 0 Å². The summed E-state index contributed by atoms with van der Waals surface area (Å²) in [6.07, 6.45) is 5.10. The molecule has 2 aromatic heterocycles. The van der Waals surface area contributed by atoms with Gasteiger partial charge in [-0.2, -0.15) is 0 Å². The fraction of sp³-hybridized carbons (Fsp3) is 0.0909. The monoisotopic (exact) mass is 369 g/mol. The number of benzene rings is 2. The highest BCUT2D eigenvalue weighted by Gasteiger charge is 2.19. The second-order valence-corrected chi connectivity index (χ2v) is 6.35. The normalized spacial score (nSPS) is 10.8. The lowest BCUT2D eigenvalue weighted by Crippen LogP contribution is -2.23. The SMILES string of the molecule is O=C(NCc1cccnc1)c1cn(C(c2ccccc2)c2ccccc2)nn1. The smallest absolute Gasteiger partial charge is 0.273 e. The summed E-state index contributed by atoms with van der Waals surface area (Å²) in [6, 6.07) is 23.7. The molecule has 1 N–H and O–H groups in total. The second-order valence-electron chi connectivity index (χ2n) is 6.35. The molecule has 0 bridgehead atoms. The third-order valence-electron chi connectivity index (χ3n) is 4.41. The lowest BCUT2D eigenvalue weighted by atomic mass is 9.99. The van der Waals surface area contributed by atoms with Gasteiger partial charge in [-0.1, -0.05) is 71.9 Å². The molecule has 0 aliphatic heterocycles. The van der Waals surface area contributed by atoms with E-state index >= 15 is 0 Å². The third kappa shape index (κ3) is 3.96. The number of aromatic nitrogens is 4. The van der Waals surface area contributed by atoms with Crippen LogP contribution in [-0.2, 0) is 6.54 Å². The van der Waals surface area contributed by atoms with E-state index in [4.69, 9.17) is 0 Å². The van der Waals surface area contributed by atoms with E-state index in [-0.39, 0.29) is 17.6 Å². The van der Waals surface area contributed by atoms with E-state index < -0.39 is 0 Å². The summed E-state index contributed by atoms with van der Waals surface area (Å²) in [4.78, 5) is 16.5. The fourth-order valence-corrected chi connectivity index (χ4v) is 3.05. The Hall–Kier alpha value is -3.80. The number of pyridine rings is 1. The fourth-order valence-electron chi connectivity index (χ4n) is 3.05. The van der Waals surface area contributed by atoms with Crippen LogP contribution in [0.5, 0.6) is 0 Å². The number of amides is 1. The number of hydrogen-bond acceptors (Lipinski definition) is 4. The second kappa shape index (κ2) is 8.26. The van der Waals surface area contributed by atoms with Gasteiger partial charge in [0.05, 0.1) is 6.20 Å². The van der Waals surface area contributed by atoms with Crippen LogP contribution >= 0.6 is 0 Å². The summed E-state index contributed by atoms with van der Waals surface area (Å²) < 4.78 is 1.73. The van der Waals surface area contributed by atoms with E-state index in [0.29, 0.717) is 6.54 Å². The van der Waals surface area contributed by atoms with Crippen molar-refractivity contribution in [1.29, 1.82) is 0 Å². The highest BCUT2D eigenvalue weighted by atomic mass is 16.2. The maximum absolute atomic E-state index is 12.5. The number of carbonyl (C=O) groups excluding carboxylic acids is 1. The number of nitrogens with one attached hydrogen (secondary N) is 1. The summed E-state index contributed by atoms with van der Waals surface area (Å²) in [5.41, 5.74) is 3.34. The molecule has 0 atom stereocenters. The molecule has 6 heteroatoms. The summed E-state index contributed by atoms with van der Waals surface area (Å²) in [5, 5.41) is 11.2. The molecule has 1 amide bonds. The molecular formula is C22H19N5O. The largest absolute Gasteiger partial charge is 0.346 e. The van der Waals surface area contributed by atoms with Crippen LogP contribution < -0.4 is 5.32 Å². The summed E-state index contributed by atoms with van der Waals surface area (Å²) in [6.45, 7) is 0.389. The molecule has 2 aromatic carbocycles. The first kappa shape index (κ1) is 17.6. The molecule has 0 fully saturated rings. The zero-order chi connectivity index (χ0) is 19.2.